The van der Waals surface area contributed by atoms with E-state index in [1.54, 1.807) is 0 Å². The Balaban J connectivity index is 1.87. The minimum atomic E-state index is -0.244. The molecule has 0 saturated heterocycles. The van der Waals surface area contributed by atoms with Gasteiger partial charge in [-0.1, -0.05) is 13.8 Å². The van der Waals surface area contributed by atoms with Gasteiger partial charge in [0.1, 0.15) is 0 Å². The first kappa shape index (κ1) is 31.0. The van der Waals surface area contributed by atoms with Crippen LogP contribution < -0.4 is 21.4 Å². The Kier molecular flexibility index (Phi) is 8.90. The van der Waals surface area contributed by atoms with Crippen LogP contribution in [0.4, 0.5) is 0 Å². The Labute approximate surface area is 258 Å². The molecule has 0 fully saturated rings. The molecule has 1 aliphatic heterocycles. The SMILES string of the molecule is CCc1c2[nH]c(c1C)/C=c1\[nH]/c(c(C)c1CC)=C\c1[nH]c(c(CCC(=O)OC)c1C)/C=c1\[nH]/c(c(C)c1CCC(=O)OC)=C\2. The summed E-state index contributed by atoms with van der Waals surface area (Å²) in [5.41, 5.74) is 13.4. The van der Waals surface area contributed by atoms with Crippen molar-refractivity contribution in [3.8, 4) is 0 Å². The van der Waals surface area contributed by atoms with Crippen LogP contribution in [0.25, 0.3) is 24.3 Å². The summed E-state index contributed by atoms with van der Waals surface area (Å²) in [4.78, 5) is 39.1. The summed E-state index contributed by atoms with van der Waals surface area (Å²) in [6, 6.07) is 0. The third kappa shape index (κ3) is 5.73. The van der Waals surface area contributed by atoms with Gasteiger partial charge in [0, 0.05) is 57.0 Å². The first-order valence-corrected chi connectivity index (χ1v) is 15.5. The van der Waals surface area contributed by atoms with Gasteiger partial charge in [0.25, 0.3) is 0 Å². The van der Waals surface area contributed by atoms with E-state index in [-0.39, 0.29) is 24.8 Å². The number of ether oxygens (including phenoxy) is 2. The Morgan fingerprint density at radius 1 is 0.523 bits per heavy atom. The Bertz CT molecular complexity index is 1990. The number of aromatic amines is 4. The van der Waals surface area contributed by atoms with Crippen LogP contribution in [-0.2, 0) is 44.7 Å². The lowest BCUT2D eigenvalue weighted by atomic mass is 10.0. The van der Waals surface area contributed by atoms with Crippen LogP contribution in [-0.4, -0.2) is 46.1 Å². The molecule has 0 amide bonds. The lowest BCUT2D eigenvalue weighted by Gasteiger charge is -2.03. The van der Waals surface area contributed by atoms with E-state index in [0.717, 1.165) is 79.3 Å². The lowest BCUT2D eigenvalue weighted by Crippen LogP contribution is -2.14. The summed E-state index contributed by atoms with van der Waals surface area (Å²) in [6.07, 6.45) is 12.2. The first-order valence-electron chi connectivity index (χ1n) is 15.5. The number of rotatable bonds is 8. The van der Waals surface area contributed by atoms with Crippen LogP contribution in [0.3, 0.4) is 0 Å². The van der Waals surface area contributed by atoms with Gasteiger partial charge >= 0.3 is 11.9 Å². The van der Waals surface area contributed by atoms with Crippen LogP contribution >= 0.6 is 0 Å². The van der Waals surface area contributed by atoms with Crippen molar-refractivity contribution in [2.75, 3.05) is 14.2 Å². The zero-order valence-electron chi connectivity index (χ0n) is 27.2. The van der Waals surface area contributed by atoms with Crippen molar-refractivity contribution in [3.63, 3.8) is 0 Å². The van der Waals surface area contributed by atoms with Gasteiger partial charge < -0.3 is 29.4 Å². The van der Waals surface area contributed by atoms with Crippen LogP contribution in [0.5, 0.6) is 0 Å². The number of esters is 2. The summed E-state index contributed by atoms with van der Waals surface area (Å²) in [5.74, 6) is -0.487. The zero-order valence-corrected chi connectivity index (χ0v) is 27.2. The minimum Gasteiger partial charge on any atom is -0.469 e. The fourth-order valence-corrected chi connectivity index (χ4v) is 6.58. The molecule has 0 atom stereocenters. The highest BCUT2D eigenvalue weighted by atomic mass is 16.5. The van der Waals surface area contributed by atoms with Crippen molar-refractivity contribution in [2.24, 2.45) is 0 Å². The molecule has 0 spiro atoms. The molecule has 0 aromatic carbocycles. The maximum absolute atomic E-state index is 12.2. The number of hydrogen-bond donors (Lipinski definition) is 4. The number of hydrogen-bond acceptors (Lipinski definition) is 4. The van der Waals surface area contributed by atoms with E-state index in [1.165, 1.54) is 36.5 Å². The molecule has 1 aliphatic rings. The van der Waals surface area contributed by atoms with Crippen LogP contribution in [0, 0.1) is 27.7 Å². The van der Waals surface area contributed by atoms with Crippen LogP contribution in [0.15, 0.2) is 0 Å². The molecule has 0 saturated carbocycles. The van der Waals surface area contributed by atoms with E-state index in [0.29, 0.717) is 12.8 Å². The van der Waals surface area contributed by atoms with Gasteiger partial charge in [0.2, 0.25) is 0 Å². The molecule has 0 aliphatic carbocycles. The maximum Gasteiger partial charge on any atom is 0.305 e. The third-order valence-electron chi connectivity index (χ3n) is 9.28. The molecule has 232 valence electrons. The maximum atomic E-state index is 12.2. The number of nitrogens with one attached hydrogen (secondary N) is 4. The summed E-state index contributed by atoms with van der Waals surface area (Å²) in [6.45, 7) is 12.9. The number of methoxy groups -OCH3 is 2. The summed E-state index contributed by atoms with van der Waals surface area (Å²) < 4.78 is 9.94. The first-order chi connectivity index (χ1) is 21.1. The summed E-state index contributed by atoms with van der Waals surface area (Å²) in [7, 11) is 2.84. The summed E-state index contributed by atoms with van der Waals surface area (Å²) in [5, 5.41) is 4.08. The largest absolute Gasteiger partial charge is 0.469 e. The van der Waals surface area contributed by atoms with Gasteiger partial charge in [0.05, 0.1) is 14.2 Å². The predicted octanol–water partition coefficient (Wildman–Crippen LogP) is 3.20. The van der Waals surface area contributed by atoms with Crippen LogP contribution in [0.1, 0.15) is 94.0 Å². The number of H-pyrrole nitrogens is 4. The molecule has 0 radical (unpaired) electrons. The normalized spacial score (nSPS) is 15.3. The second kappa shape index (κ2) is 12.6. The minimum absolute atomic E-state index is 0.243. The fraction of sp³-hybridized carbons (Fsp3) is 0.389. The van der Waals surface area contributed by atoms with E-state index in [4.69, 9.17) is 9.47 Å². The van der Waals surface area contributed by atoms with Crippen molar-refractivity contribution >= 4 is 36.2 Å². The van der Waals surface area contributed by atoms with Crippen molar-refractivity contribution in [3.05, 3.63) is 88.7 Å². The Morgan fingerprint density at radius 2 is 0.932 bits per heavy atom. The zero-order chi connectivity index (χ0) is 31.7. The van der Waals surface area contributed by atoms with E-state index in [1.807, 2.05) is 0 Å². The van der Waals surface area contributed by atoms with E-state index < -0.39 is 0 Å². The molecule has 8 heteroatoms. The molecule has 4 N–H and O–H groups in total. The van der Waals surface area contributed by atoms with E-state index in [2.05, 4.69) is 85.8 Å². The number of fused-ring (bicyclic) bond motifs is 8. The highest BCUT2D eigenvalue weighted by Gasteiger charge is 2.18. The van der Waals surface area contributed by atoms with Gasteiger partial charge in [-0.2, -0.15) is 0 Å². The van der Waals surface area contributed by atoms with Gasteiger partial charge in [-0.05, 0) is 122 Å². The Morgan fingerprint density at radius 3 is 1.48 bits per heavy atom. The average molecular weight is 597 g/mol. The van der Waals surface area contributed by atoms with Crippen LogP contribution in [0.2, 0.25) is 0 Å². The van der Waals surface area contributed by atoms with Crippen molar-refractivity contribution in [2.45, 2.75) is 80.1 Å². The third-order valence-corrected chi connectivity index (χ3v) is 9.28. The van der Waals surface area contributed by atoms with E-state index >= 15 is 0 Å². The molecular weight excluding hydrogens is 552 g/mol. The predicted molar refractivity (Wildman–Crippen MR) is 174 cm³/mol. The topological polar surface area (TPSA) is 116 Å². The second-order valence-corrected chi connectivity index (χ2v) is 11.7. The Hall–Kier alpha value is -4.46. The van der Waals surface area contributed by atoms with Crippen molar-refractivity contribution in [1.29, 1.82) is 0 Å². The molecule has 5 rings (SSSR count). The molecule has 4 aromatic heterocycles. The average Bonchev–Trinajstić information content (AvgIpc) is 3.67. The standard InChI is InChI=1S/C36H44N4O4/c1-9-23-19(3)27-15-28-21(5)25(11-13-35(41)43-7)33(39-28)18-34-26(12-14-36(42)44-8)22(6)30(40-34)17-32-24(10-2)20(4)29(38-32)16-31(23)37-27/h15-18,37-40H,9-14H2,1-8H3/b27-15-,28-15?,29-16?,30-17-,31-16-,32-17?,33-18?,34-18-. The number of carbonyl (C=O) groups is 2. The van der Waals surface area contributed by atoms with Crippen molar-refractivity contribution in [1.82, 2.24) is 19.9 Å². The van der Waals surface area contributed by atoms with Gasteiger partial charge in [0.15, 0.2) is 0 Å². The molecule has 4 aromatic rings. The smallest absolute Gasteiger partial charge is 0.305 e. The highest BCUT2D eigenvalue weighted by molar-refractivity contribution is 5.71. The van der Waals surface area contributed by atoms with Gasteiger partial charge in [-0.15, -0.1) is 0 Å². The summed E-state index contributed by atoms with van der Waals surface area (Å²) >= 11 is 0. The highest BCUT2D eigenvalue weighted by Crippen LogP contribution is 2.23. The molecule has 8 bridgehead atoms. The molecular formula is C36H44N4O4. The van der Waals surface area contributed by atoms with Crippen molar-refractivity contribution < 1.29 is 19.1 Å². The lowest BCUT2D eigenvalue weighted by molar-refractivity contribution is -0.141. The quantitative estimate of drug-likeness (QED) is 0.206. The molecule has 5 heterocycles. The number of carbonyl (C=O) groups excluding carboxylic acids is 2. The molecule has 44 heavy (non-hydrogen) atoms. The second-order valence-electron chi connectivity index (χ2n) is 11.7. The van der Waals surface area contributed by atoms with Gasteiger partial charge in [-0.3, -0.25) is 9.59 Å². The van der Waals surface area contributed by atoms with Gasteiger partial charge in [-0.25, -0.2) is 0 Å². The monoisotopic (exact) mass is 596 g/mol. The molecule has 8 nitrogen and oxygen atoms in total. The van der Waals surface area contributed by atoms with E-state index in [9.17, 15) is 9.59 Å². The fourth-order valence-electron chi connectivity index (χ4n) is 6.58. The number of aromatic nitrogens is 4. The molecule has 0 unspecified atom stereocenters.